The second-order valence-corrected chi connectivity index (χ2v) is 7.96. The van der Waals surface area contributed by atoms with Gasteiger partial charge < -0.3 is 15.5 Å². The summed E-state index contributed by atoms with van der Waals surface area (Å²) in [4.78, 5) is 4.58. The maximum absolute atomic E-state index is 6.18. The third kappa shape index (κ3) is 3.01. The molecule has 1 aliphatic heterocycles. The number of anilines is 2. The van der Waals surface area contributed by atoms with Gasteiger partial charge in [-0.05, 0) is 40.3 Å². The van der Waals surface area contributed by atoms with Crippen molar-refractivity contribution < 1.29 is 0 Å². The van der Waals surface area contributed by atoms with Crippen LogP contribution in [0, 0.1) is 0 Å². The van der Waals surface area contributed by atoms with E-state index in [1.54, 1.807) is 0 Å². The number of fused-ring (bicyclic) bond motifs is 1. The van der Waals surface area contributed by atoms with Crippen molar-refractivity contribution in [2.24, 2.45) is 5.73 Å². The standard InChI is InChI=1S/C21H29N3/c1-21(2,3)16-10-9-15-14-24(20(13-22)19(15)11-16)18-8-6-7-17(12-18)23(4)5/h6-12,20H,13-14,22H2,1-5H3. The Hall–Kier alpha value is -2.00. The van der Waals surface area contributed by atoms with Gasteiger partial charge in [0.15, 0.2) is 0 Å². The van der Waals surface area contributed by atoms with Crippen LogP contribution >= 0.6 is 0 Å². The van der Waals surface area contributed by atoms with Crippen molar-refractivity contribution in [3.8, 4) is 0 Å². The van der Waals surface area contributed by atoms with Crippen LogP contribution in [0.1, 0.15) is 43.5 Å². The smallest absolute Gasteiger partial charge is 0.0672 e. The first kappa shape index (κ1) is 16.8. The summed E-state index contributed by atoms with van der Waals surface area (Å²) in [7, 11) is 4.15. The molecular weight excluding hydrogens is 294 g/mol. The zero-order chi connectivity index (χ0) is 17.5. The van der Waals surface area contributed by atoms with E-state index in [4.69, 9.17) is 5.73 Å². The van der Waals surface area contributed by atoms with Crippen LogP contribution < -0.4 is 15.5 Å². The topological polar surface area (TPSA) is 32.5 Å². The summed E-state index contributed by atoms with van der Waals surface area (Å²) in [6.07, 6.45) is 0. The minimum atomic E-state index is 0.159. The average molecular weight is 323 g/mol. The number of nitrogens with two attached hydrogens (primary N) is 1. The van der Waals surface area contributed by atoms with Gasteiger partial charge >= 0.3 is 0 Å². The van der Waals surface area contributed by atoms with Crippen LogP contribution in [0.5, 0.6) is 0 Å². The molecule has 0 saturated heterocycles. The molecule has 128 valence electrons. The van der Waals surface area contributed by atoms with E-state index in [0.29, 0.717) is 6.54 Å². The molecule has 0 saturated carbocycles. The third-order valence-electron chi connectivity index (χ3n) is 4.99. The molecule has 1 unspecified atom stereocenters. The second-order valence-electron chi connectivity index (χ2n) is 7.96. The van der Waals surface area contributed by atoms with E-state index >= 15 is 0 Å². The third-order valence-corrected chi connectivity index (χ3v) is 4.99. The molecule has 1 atom stereocenters. The molecule has 24 heavy (non-hydrogen) atoms. The number of rotatable bonds is 3. The number of hydrogen-bond donors (Lipinski definition) is 1. The molecule has 0 radical (unpaired) electrons. The number of benzene rings is 2. The van der Waals surface area contributed by atoms with Gasteiger partial charge in [0.25, 0.3) is 0 Å². The summed E-state index contributed by atoms with van der Waals surface area (Å²) < 4.78 is 0. The van der Waals surface area contributed by atoms with E-state index in [9.17, 15) is 0 Å². The normalized spacial score (nSPS) is 17.1. The fourth-order valence-electron chi connectivity index (χ4n) is 3.45. The van der Waals surface area contributed by atoms with Crippen LogP contribution in [0.25, 0.3) is 0 Å². The van der Waals surface area contributed by atoms with Gasteiger partial charge in [-0.2, -0.15) is 0 Å². The maximum Gasteiger partial charge on any atom is 0.0672 e. The van der Waals surface area contributed by atoms with Gasteiger partial charge in [-0.3, -0.25) is 0 Å². The van der Waals surface area contributed by atoms with Crippen LogP contribution in [0.2, 0.25) is 0 Å². The summed E-state index contributed by atoms with van der Waals surface area (Å²) in [6, 6.07) is 15.9. The second kappa shape index (κ2) is 6.14. The zero-order valence-electron chi connectivity index (χ0n) is 15.5. The first-order valence-electron chi connectivity index (χ1n) is 8.68. The number of hydrogen-bond acceptors (Lipinski definition) is 3. The highest BCUT2D eigenvalue weighted by Gasteiger charge is 2.30. The molecular formula is C21H29N3. The molecule has 0 aromatic heterocycles. The first-order chi connectivity index (χ1) is 11.3. The predicted molar refractivity (Wildman–Crippen MR) is 104 cm³/mol. The Morgan fingerprint density at radius 2 is 1.88 bits per heavy atom. The Balaban J connectivity index is 1.99. The molecule has 0 spiro atoms. The summed E-state index contributed by atoms with van der Waals surface area (Å²) in [5.74, 6) is 0. The molecule has 1 heterocycles. The van der Waals surface area contributed by atoms with Gasteiger partial charge in [0, 0.05) is 38.6 Å². The van der Waals surface area contributed by atoms with Gasteiger partial charge in [0.2, 0.25) is 0 Å². The summed E-state index contributed by atoms with van der Waals surface area (Å²) >= 11 is 0. The highest BCUT2D eigenvalue weighted by Crippen LogP contribution is 2.39. The molecule has 0 bridgehead atoms. The van der Waals surface area contributed by atoms with Crippen molar-refractivity contribution in [3.63, 3.8) is 0 Å². The minimum absolute atomic E-state index is 0.159. The molecule has 2 N–H and O–H groups in total. The molecule has 2 aromatic carbocycles. The van der Waals surface area contributed by atoms with Gasteiger partial charge in [-0.15, -0.1) is 0 Å². The highest BCUT2D eigenvalue weighted by atomic mass is 15.2. The summed E-state index contributed by atoms with van der Waals surface area (Å²) in [5, 5.41) is 0. The SMILES string of the molecule is CN(C)c1cccc(N2Cc3ccc(C(C)(C)C)cc3C2CN)c1. The summed E-state index contributed by atoms with van der Waals surface area (Å²) in [6.45, 7) is 8.35. The van der Waals surface area contributed by atoms with Crippen molar-refractivity contribution in [1.82, 2.24) is 0 Å². The summed E-state index contributed by atoms with van der Waals surface area (Å²) in [5.41, 5.74) is 13.0. The lowest BCUT2D eigenvalue weighted by atomic mass is 9.85. The highest BCUT2D eigenvalue weighted by molar-refractivity contribution is 5.62. The lowest BCUT2D eigenvalue weighted by Gasteiger charge is -2.28. The van der Waals surface area contributed by atoms with Crippen molar-refractivity contribution >= 4 is 11.4 Å². The monoisotopic (exact) mass is 323 g/mol. The van der Waals surface area contributed by atoms with E-state index in [2.05, 4.69) is 87.1 Å². The van der Waals surface area contributed by atoms with Gasteiger partial charge in [0.1, 0.15) is 0 Å². The van der Waals surface area contributed by atoms with E-state index in [0.717, 1.165) is 6.54 Å². The Morgan fingerprint density at radius 3 is 2.50 bits per heavy atom. The molecule has 0 aliphatic carbocycles. The minimum Gasteiger partial charge on any atom is -0.378 e. The molecule has 3 heteroatoms. The lowest BCUT2D eigenvalue weighted by Crippen LogP contribution is -2.28. The van der Waals surface area contributed by atoms with Crippen LogP contribution in [0.15, 0.2) is 42.5 Å². The Kier molecular flexibility index (Phi) is 4.31. The van der Waals surface area contributed by atoms with Crippen LogP contribution in [-0.2, 0) is 12.0 Å². The predicted octanol–water partition coefficient (Wildman–Crippen LogP) is 4.07. The Bertz CT molecular complexity index is 728. The molecule has 1 aliphatic rings. The fourth-order valence-corrected chi connectivity index (χ4v) is 3.45. The van der Waals surface area contributed by atoms with Crippen molar-refractivity contribution in [3.05, 3.63) is 59.2 Å². The van der Waals surface area contributed by atoms with Crippen LogP contribution in [0.3, 0.4) is 0 Å². The van der Waals surface area contributed by atoms with E-state index < -0.39 is 0 Å². The van der Waals surface area contributed by atoms with Crippen LogP contribution in [-0.4, -0.2) is 20.6 Å². The zero-order valence-corrected chi connectivity index (χ0v) is 15.5. The van der Waals surface area contributed by atoms with Crippen LogP contribution in [0.4, 0.5) is 11.4 Å². The van der Waals surface area contributed by atoms with Crippen molar-refractivity contribution in [1.29, 1.82) is 0 Å². The molecule has 2 aromatic rings. The van der Waals surface area contributed by atoms with Crippen molar-refractivity contribution in [2.45, 2.75) is 38.8 Å². The molecule has 3 rings (SSSR count). The van der Waals surface area contributed by atoms with Gasteiger partial charge in [-0.25, -0.2) is 0 Å². The average Bonchev–Trinajstić information content (AvgIpc) is 2.91. The first-order valence-corrected chi connectivity index (χ1v) is 8.68. The molecule has 3 nitrogen and oxygen atoms in total. The van der Waals surface area contributed by atoms with E-state index in [-0.39, 0.29) is 11.5 Å². The van der Waals surface area contributed by atoms with Crippen molar-refractivity contribution in [2.75, 3.05) is 30.4 Å². The Labute approximate surface area is 146 Å². The quantitative estimate of drug-likeness (QED) is 0.924. The maximum atomic E-state index is 6.18. The lowest BCUT2D eigenvalue weighted by molar-refractivity contribution is 0.588. The number of nitrogens with zero attached hydrogens (tertiary/aromatic N) is 2. The van der Waals surface area contributed by atoms with Gasteiger partial charge in [0.05, 0.1) is 6.04 Å². The largest absolute Gasteiger partial charge is 0.378 e. The van der Waals surface area contributed by atoms with E-state index in [1.165, 1.54) is 28.1 Å². The molecule has 0 fully saturated rings. The fraction of sp³-hybridized carbons (Fsp3) is 0.429. The molecule has 0 amide bonds. The van der Waals surface area contributed by atoms with E-state index in [1.807, 2.05) is 0 Å². The Morgan fingerprint density at radius 1 is 1.12 bits per heavy atom. The van der Waals surface area contributed by atoms with Gasteiger partial charge in [-0.1, -0.05) is 45.0 Å².